The van der Waals surface area contributed by atoms with E-state index in [0.29, 0.717) is 0 Å². The average molecular weight is 743 g/mol. The van der Waals surface area contributed by atoms with E-state index in [2.05, 4.69) is 240 Å². The molecule has 2 aromatic heterocycles. The fourth-order valence-electron chi connectivity index (χ4n) is 9.46. The lowest BCUT2D eigenvalue weighted by Crippen LogP contribution is -2.74. The third-order valence-corrected chi connectivity index (χ3v) is 16.6. The highest BCUT2D eigenvalue weighted by Crippen LogP contribution is 2.42. The monoisotopic (exact) mass is 742 g/mol. The molecule has 0 aliphatic heterocycles. The van der Waals surface area contributed by atoms with Crippen molar-refractivity contribution in [1.82, 2.24) is 9.13 Å². The summed E-state index contributed by atoms with van der Waals surface area (Å²) in [6, 6.07) is 85.3. The number of benzene rings is 9. The molecule has 0 amide bonds. The minimum atomic E-state index is -2.79. The van der Waals surface area contributed by atoms with Crippen molar-refractivity contribution in [3.8, 4) is 22.5 Å². The molecule has 0 saturated heterocycles. The normalized spacial score (nSPS) is 11.9. The van der Waals surface area contributed by atoms with Gasteiger partial charge in [-0.2, -0.15) is 0 Å². The molecule has 2 nitrogen and oxygen atoms in total. The molecule has 3 heteroatoms. The van der Waals surface area contributed by atoms with Crippen LogP contribution in [0.25, 0.3) is 66.1 Å². The van der Waals surface area contributed by atoms with Crippen LogP contribution in [0.1, 0.15) is 0 Å². The Kier molecular flexibility index (Phi) is 7.87. The van der Waals surface area contributed by atoms with E-state index in [-0.39, 0.29) is 0 Å². The van der Waals surface area contributed by atoms with Crippen LogP contribution in [-0.2, 0) is 0 Å². The maximum absolute atomic E-state index is 2.79. The standard InChI is InChI=1S/C54H38N2Si/c1-6-20-39(21-7-1)49-36-41(37-53-54(49)48-31-17-19-33-51(48)55(53)40-22-8-2-9-23-40)56-50-32-18-16-30-46(50)47-35-34-45(38-52(47)56)57(42-24-10-3-11-25-42,43-26-12-4-13-27-43)44-28-14-5-15-29-44/h1-38H. The lowest BCUT2D eigenvalue weighted by atomic mass is 9.98. The average Bonchev–Trinajstić information content (AvgIpc) is 3.81. The summed E-state index contributed by atoms with van der Waals surface area (Å²) in [6.45, 7) is 0. The third-order valence-electron chi connectivity index (χ3n) is 11.8. The molecule has 11 rings (SSSR count). The van der Waals surface area contributed by atoms with E-state index in [0.717, 1.165) is 11.4 Å². The van der Waals surface area contributed by atoms with Gasteiger partial charge in [0.15, 0.2) is 8.07 Å². The Morgan fingerprint density at radius 1 is 0.281 bits per heavy atom. The zero-order valence-corrected chi connectivity index (χ0v) is 32.3. The van der Waals surface area contributed by atoms with E-state index >= 15 is 0 Å². The predicted molar refractivity (Wildman–Crippen MR) is 244 cm³/mol. The molecule has 11 aromatic rings. The molecule has 0 spiro atoms. The fraction of sp³-hybridized carbons (Fsp3) is 0. The molecule has 0 unspecified atom stereocenters. The van der Waals surface area contributed by atoms with E-state index in [9.17, 15) is 0 Å². The number of hydrogen-bond donors (Lipinski definition) is 0. The topological polar surface area (TPSA) is 9.86 Å². The first-order valence-corrected chi connectivity index (χ1v) is 21.7. The molecule has 0 aliphatic carbocycles. The fourth-order valence-corrected chi connectivity index (χ4v) is 14.2. The second-order valence-corrected chi connectivity index (χ2v) is 18.7. The van der Waals surface area contributed by atoms with Gasteiger partial charge in [0.2, 0.25) is 0 Å². The Morgan fingerprint density at radius 3 is 1.33 bits per heavy atom. The van der Waals surface area contributed by atoms with Gasteiger partial charge < -0.3 is 9.13 Å². The molecule has 0 saturated carbocycles. The first-order valence-electron chi connectivity index (χ1n) is 19.7. The highest BCUT2D eigenvalue weighted by atomic mass is 28.3. The van der Waals surface area contributed by atoms with Gasteiger partial charge in [-0.3, -0.25) is 0 Å². The van der Waals surface area contributed by atoms with Crippen molar-refractivity contribution in [2.45, 2.75) is 0 Å². The molecule has 0 aliphatic rings. The zero-order valence-electron chi connectivity index (χ0n) is 31.3. The van der Waals surface area contributed by atoms with Crippen LogP contribution in [0.3, 0.4) is 0 Å². The Bertz CT molecular complexity index is 3110. The quantitative estimate of drug-likeness (QED) is 0.114. The van der Waals surface area contributed by atoms with Crippen molar-refractivity contribution in [1.29, 1.82) is 0 Å². The van der Waals surface area contributed by atoms with Crippen LogP contribution in [0.15, 0.2) is 231 Å². The molecule has 0 fully saturated rings. The van der Waals surface area contributed by atoms with Gasteiger partial charge in [-0.15, -0.1) is 0 Å². The van der Waals surface area contributed by atoms with Crippen molar-refractivity contribution < 1.29 is 0 Å². The predicted octanol–water partition coefficient (Wildman–Crippen LogP) is 10.9. The Balaban J connectivity index is 1.28. The number of nitrogens with zero attached hydrogens (tertiary/aromatic N) is 2. The molecule has 0 bridgehead atoms. The van der Waals surface area contributed by atoms with Gasteiger partial charge in [0, 0.05) is 32.9 Å². The van der Waals surface area contributed by atoms with Crippen molar-refractivity contribution in [3.63, 3.8) is 0 Å². The molecule has 57 heavy (non-hydrogen) atoms. The maximum Gasteiger partial charge on any atom is 0.179 e. The smallest absolute Gasteiger partial charge is 0.179 e. The third kappa shape index (κ3) is 5.17. The molecule has 268 valence electrons. The Morgan fingerprint density at radius 2 is 0.737 bits per heavy atom. The minimum absolute atomic E-state index is 1.14. The van der Waals surface area contributed by atoms with E-state index < -0.39 is 8.07 Å². The van der Waals surface area contributed by atoms with Crippen LogP contribution < -0.4 is 20.7 Å². The summed E-state index contributed by atoms with van der Waals surface area (Å²) in [5.74, 6) is 0. The first-order chi connectivity index (χ1) is 28.3. The number of aromatic nitrogens is 2. The summed E-state index contributed by atoms with van der Waals surface area (Å²) >= 11 is 0. The van der Waals surface area contributed by atoms with Crippen LogP contribution in [-0.4, -0.2) is 17.2 Å². The highest BCUT2D eigenvalue weighted by molar-refractivity contribution is 7.20. The molecule has 9 aromatic carbocycles. The van der Waals surface area contributed by atoms with Gasteiger partial charge >= 0.3 is 0 Å². The lowest BCUT2D eigenvalue weighted by Gasteiger charge is -2.34. The summed E-state index contributed by atoms with van der Waals surface area (Å²) in [7, 11) is -2.79. The number of rotatable bonds is 7. The van der Waals surface area contributed by atoms with E-state index in [4.69, 9.17) is 0 Å². The van der Waals surface area contributed by atoms with Crippen molar-refractivity contribution in [2.24, 2.45) is 0 Å². The van der Waals surface area contributed by atoms with Gasteiger partial charge in [0.1, 0.15) is 0 Å². The van der Waals surface area contributed by atoms with Crippen molar-refractivity contribution in [2.75, 3.05) is 0 Å². The summed E-state index contributed by atoms with van der Waals surface area (Å²) in [6.07, 6.45) is 0. The minimum Gasteiger partial charge on any atom is -0.309 e. The second-order valence-electron chi connectivity index (χ2n) is 14.9. The van der Waals surface area contributed by atoms with E-state index in [1.807, 2.05) is 0 Å². The highest BCUT2D eigenvalue weighted by Gasteiger charge is 2.41. The summed E-state index contributed by atoms with van der Waals surface area (Å²) in [4.78, 5) is 0. The van der Waals surface area contributed by atoms with E-state index in [1.54, 1.807) is 0 Å². The summed E-state index contributed by atoms with van der Waals surface area (Å²) in [5, 5.41) is 10.4. The van der Waals surface area contributed by atoms with Crippen LogP contribution >= 0.6 is 0 Å². The van der Waals surface area contributed by atoms with E-state index in [1.165, 1.54) is 75.5 Å². The number of fused-ring (bicyclic) bond motifs is 6. The summed E-state index contributed by atoms with van der Waals surface area (Å²) in [5.41, 5.74) is 9.48. The van der Waals surface area contributed by atoms with Crippen LogP contribution in [0.5, 0.6) is 0 Å². The lowest BCUT2D eigenvalue weighted by molar-refractivity contribution is 1.16. The molecular formula is C54H38N2Si. The maximum atomic E-state index is 2.52. The van der Waals surface area contributed by atoms with Crippen LogP contribution in [0.4, 0.5) is 0 Å². The first kappa shape index (κ1) is 33.2. The molecule has 0 N–H and O–H groups in total. The molecule has 0 atom stereocenters. The second kappa shape index (κ2) is 13.5. The van der Waals surface area contributed by atoms with Gasteiger partial charge in [-0.05, 0) is 74.3 Å². The Labute approximate surface area is 333 Å². The van der Waals surface area contributed by atoms with Crippen LogP contribution in [0, 0.1) is 0 Å². The molecule has 2 heterocycles. The molecular weight excluding hydrogens is 705 g/mol. The Hall–Kier alpha value is -7.20. The molecule has 0 radical (unpaired) electrons. The van der Waals surface area contributed by atoms with Crippen molar-refractivity contribution >= 4 is 72.4 Å². The largest absolute Gasteiger partial charge is 0.309 e. The number of para-hydroxylation sites is 3. The summed E-state index contributed by atoms with van der Waals surface area (Å²) < 4.78 is 4.96. The van der Waals surface area contributed by atoms with Gasteiger partial charge in [0.05, 0.1) is 22.1 Å². The zero-order chi connectivity index (χ0) is 37.8. The van der Waals surface area contributed by atoms with Gasteiger partial charge in [-0.1, -0.05) is 188 Å². The van der Waals surface area contributed by atoms with Gasteiger partial charge in [0.25, 0.3) is 0 Å². The van der Waals surface area contributed by atoms with Crippen LogP contribution in [0.2, 0.25) is 0 Å². The SMILES string of the molecule is c1ccc(-c2cc(-n3c4ccccc4c4ccc([Si](c5ccccc5)(c5ccccc5)c5ccccc5)cc43)cc3c2c2ccccc2n3-c2ccccc2)cc1. The number of hydrogen-bond acceptors (Lipinski definition) is 0. The van der Waals surface area contributed by atoms with Crippen molar-refractivity contribution in [3.05, 3.63) is 231 Å². The van der Waals surface area contributed by atoms with Gasteiger partial charge in [-0.25, -0.2) is 0 Å².